The fourth-order valence-electron chi connectivity index (χ4n) is 1.39. The van der Waals surface area contributed by atoms with E-state index in [1.807, 2.05) is 4.90 Å². The van der Waals surface area contributed by atoms with E-state index >= 15 is 0 Å². The lowest BCUT2D eigenvalue weighted by molar-refractivity contribution is -0.119. The SMILES string of the molecule is COC(=O)c1cncc(N2CC(=O)C2)c1. The van der Waals surface area contributed by atoms with Crippen LogP contribution in [0.3, 0.4) is 0 Å². The molecule has 0 N–H and O–H groups in total. The van der Waals surface area contributed by atoms with E-state index in [0.717, 1.165) is 5.69 Å². The number of ether oxygens (including phenoxy) is 1. The van der Waals surface area contributed by atoms with Crippen molar-refractivity contribution in [3.63, 3.8) is 0 Å². The predicted octanol–water partition coefficient (Wildman–Crippen LogP) is 0.257. The zero-order chi connectivity index (χ0) is 10.8. The van der Waals surface area contributed by atoms with Crippen LogP contribution in [0.1, 0.15) is 10.4 Å². The fraction of sp³-hybridized carbons (Fsp3) is 0.300. The van der Waals surface area contributed by atoms with Gasteiger partial charge in [-0.15, -0.1) is 0 Å². The van der Waals surface area contributed by atoms with Gasteiger partial charge in [0.25, 0.3) is 0 Å². The largest absolute Gasteiger partial charge is 0.465 e. The van der Waals surface area contributed by atoms with Gasteiger partial charge in [-0.1, -0.05) is 0 Å². The smallest absolute Gasteiger partial charge is 0.339 e. The number of hydrogen-bond donors (Lipinski definition) is 0. The molecule has 0 bridgehead atoms. The number of methoxy groups -OCH3 is 1. The van der Waals surface area contributed by atoms with Gasteiger partial charge in [-0.05, 0) is 6.07 Å². The van der Waals surface area contributed by atoms with Crippen LogP contribution in [-0.2, 0) is 9.53 Å². The van der Waals surface area contributed by atoms with Crippen LogP contribution in [-0.4, -0.2) is 36.9 Å². The van der Waals surface area contributed by atoms with E-state index in [0.29, 0.717) is 18.7 Å². The van der Waals surface area contributed by atoms with Crippen LogP contribution in [0.4, 0.5) is 5.69 Å². The molecule has 0 amide bonds. The second-order valence-corrected chi connectivity index (χ2v) is 3.32. The molecule has 1 aromatic heterocycles. The van der Waals surface area contributed by atoms with Crippen molar-refractivity contribution in [3.05, 3.63) is 24.0 Å². The molecule has 0 saturated carbocycles. The molecule has 5 heteroatoms. The number of nitrogens with zero attached hydrogens (tertiary/aromatic N) is 2. The molecule has 1 saturated heterocycles. The highest BCUT2D eigenvalue weighted by Gasteiger charge is 2.24. The van der Waals surface area contributed by atoms with E-state index < -0.39 is 5.97 Å². The van der Waals surface area contributed by atoms with E-state index in [1.165, 1.54) is 13.3 Å². The standard InChI is InChI=1S/C10H10N2O3/c1-15-10(14)7-2-8(4-11-3-7)12-5-9(13)6-12/h2-4H,5-6H2,1H3. The molecule has 0 aliphatic carbocycles. The summed E-state index contributed by atoms with van der Waals surface area (Å²) >= 11 is 0. The Kier molecular flexibility index (Phi) is 2.37. The van der Waals surface area contributed by atoms with Crippen molar-refractivity contribution in [2.75, 3.05) is 25.1 Å². The summed E-state index contributed by atoms with van der Waals surface area (Å²) in [6.45, 7) is 0.790. The van der Waals surface area contributed by atoms with Crippen LogP contribution < -0.4 is 4.90 Å². The van der Waals surface area contributed by atoms with E-state index in [9.17, 15) is 9.59 Å². The maximum Gasteiger partial charge on any atom is 0.339 e. The first-order valence-corrected chi connectivity index (χ1v) is 4.50. The molecular formula is C10H10N2O3. The Morgan fingerprint density at radius 1 is 1.47 bits per heavy atom. The second kappa shape index (κ2) is 3.68. The van der Waals surface area contributed by atoms with Crippen LogP contribution in [0, 0.1) is 0 Å². The number of carbonyl (C=O) groups excluding carboxylic acids is 2. The lowest BCUT2D eigenvalue weighted by atomic mass is 10.1. The lowest BCUT2D eigenvalue weighted by Gasteiger charge is -2.31. The van der Waals surface area contributed by atoms with Crippen molar-refractivity contribution in [1.29, 1.82) is 0 Å². The molecule has 0 aromatic carbocycles. The van der Waals surface area contributed by atoms with Crippen molar-refractivity contribution >= 4 is 17.4 Å². The van der Waals surface area contributed by atoms with Gasteiger partial charge in [0.2, 0.25) is 0 Å². The summed E-state index contributed by atoms with van der Waals surface area (Å²) in [5.41, 5.74) is 1.17. The Bertz CT molecular complexity index is 409. The van der Waals surface area contributed by atoms with E-state index in [2.05, 4.69) is 9.72 Å². The summed E-state index contributed by atoms with van der Waals surface area (Å²) in [5.74, 6) is -0.227. The van der Waals surface area contributed by atoms with E-state index in [1.54, 1.807) is 12.3 Å². The van der Waals surface area contributed by atoms with Crippen LogP contribution >= 0.6 is 0 Å². The average Bonchev–Trinajstić information content (AvgIpc) is 2.24. The summed E-state index contributed by atoms with van der Waals surface area (Å²) in [7, 11) is 1.32. The van der Waals surface area contributed by atoms with Gasteiger partial charge >= 0.3 is 5.97 Å². The Morgan fingerprint density at radius 3 is 2.80 bits per heavy atom. The topological polar surface area (TPSA) is 59.5 Å². The average molecular weight is 206 g/mol. The molecule has 0 unspecified atom stereocenters. The number of rotatable bonds is 2. The third-order valence-electron chi connectivity index (χ3n) is 2.24. The molecule has 1 aromatic rings. The van der Waals surface area contributed by atoms with Crippen molar-refractivity contribution in [3.8, 4) is 0 Å². The normalized spacial score (nSPS) is 14.7. The molecule has 0 radical (unpaired) electrons. The number of anilines is 1. The number of Topliss-reactive ketones (excluding diaryl/α,β-unsaturated/α-hetero) is 1. The van der Waals surface area contributed by atoms with Crippen molar-refractivity contribution < 1.29 is 14.3 Å². The molecular weight excluding hydrogens is 196 g/mol. The highest BCUT2D eigenvalue weighted by molar-refractivity contribution is 5.96. The zero-order valence-corrected chi connectivity index (χ0v) is 8.27. The molecule has 5 nitrogen and oxygen atoms in total. The molecule has 0 atom stereocenters. The molecule has 15 heavy (non-hydrogen) atoms. The molecule has 2 heterocycles. The van der Waals surface area contributed by atoms with Crippen molar-refractivity contribution in [1.82, 2.24) is 4.98 Å². The number of esters is 1. The number of ketones is 1. The minimum absolute atomic E-state index is 0.193. The van der Waals surface area contributed by atoms with Crippen molar-refractivity contribution in [2.45, 2.75) is 0 Å². The molecule has 78 valence electrons. The van der Waals surface area contributed by atoms with Gasteiger partial charge in [0.15, 0.2) is 5.78 Å². The number of aromatic nitrogens is 1. The van der Waals surface area contributed by atoms with Gasteiger partial charge in [0.05, 0.1) is 37.6 Å². The van der Waals surface area contributed by atoms with Crippen LogP contribution in [0.2, 0.25) is 0 Å². The molecule has 0 spiro atoms. The summed E-state index contributed by atoms with van der Waals surface area (Å²) in [5, 5.41) is 0. The zero-order valence-electron chi connectivity index (χ0n) is 8.27. The van der Waals surface area contributed by atoms with E-state index in [4.69, 9.17) is 0 Å². The predicted molar refractivity (Wildman–Crippen MR) is 52.8 cm³/mol. The molecule has 2 rings (SSSR count). The van der Waals surface area contributed by atoms with Gasteiger partial charge in [-0.3, -0.25) is 9.78 Å². The van der Waals surface area contributed by atoms with Gasteiger partial charge in [-0.2, -0.15) is 0 Å². The third-order valence-corrected chi connectivity index (χ3v) is 2.24. The minimum Gasteiger partial charge on any atom is -0.465 e. The third kappa shape index (κ3) is 1.81. The first kappa shape index (κ1) is 9.64. The minimum atomic E-state index is -0.420. The summed E-state index contributed by atoms with van der Waals surface area (Å²) in [4.78, 5) is 27.8. The first-order valence-electron chi connectivity index (χ1n) is 4.50. The number of pyridine rings is 1. The van der Waals surface area contributed by atoms with Crippen molar-refractivity contribution in [2.24, 2.45) is 0 Å². The van der Waals surface area contributed by atoms with Gasteiger partial charge in [0, 0.05) is 6.20 Å². The monoisotopic (exact) mass is 206 g/mol. The molecule has 1 aliphatic heterocycles. The fourth-order valence-corrected chi connectivity index (χ4v) is 1.39. The Labute approximate surface area is 86.7 Å². The molecule has 1 fully saturated rings. The maximum absolute atomic E-state index is 11.2. The summed E-state index contributed by atoms with van der Waals surface area (Å²) in [6.07, 6.45) is 3.07. The van der Waals surface area contributed by atoms with Gasteiger partial charge in [-0.25, -0.2) is 4.79 Å². The second-order valence-electron chi connectivity index (χ2n) is 3.32. The van der Waals surface area contributed by atoms with Crippen LogP contribution in [0.25, 0.3) is 0 Å². The highest BCUT2D eigenvalue weighted by atomic mass is 16.5. The Morgan fingerprint density at radius 2 is 2.20 bits per heavy atom. The lowest BCUT2D eigenvalue weighted by Crippen LogP contribution is -2.47. The number of hydrogen-bond acceptors (Lipinski definition) is 5. The summed E-state index contributed by atoms with van der Waals surface area (Å²) < 4.78 is 4.58. The Balaban J connectivity index is 2.19. The van der Waals surface area contributed by atoms with Gasteiger partial charge in [0.1, 0.15) is 0 Å². The summed E-state index contributed by atoms with van der Waals surface area (Å²) in [6, 6.07) is 1.67. The van der Waals surface area contributed by atoms with Gasteiger partial charge < -0.3 is 9.64 Å². The quantitative estimate of drug-likeness (QED) is 0.649. The maximum atomic E-state index is 11.2. The molecule has 1 aliphatic rings. The Hall–Kier alpha value is -1.91. The highest BCUT2D eigenvalue weighted by Crippen LogP contribution is 2.18. The van der Waals surface area contributed by atoms with E-state index in [-0.39, 0.29) is 5.78 Å². The number of carbonyl (C=O) groups is 2. The van der Waals surface area contributed by atoms with Crippen LogP contribution in [0.5, 0.6) is 0 Å². The first-order chi connectivity index (χ1) is 7.20. The van der Waals surface area contributed by atoms with Crippen LogP contribution in [0.15, 0.2) is 18.5 Å².